The van der Waals surface area contributed by atoms with E-state index in [9.17, 15) is 0 Å². The molecule has 0 aliphatic rings. The van der Waals surface area contributed by atoms with Crippen molar-refractivity contribution in [3.63, 3.8) is 0 Å². The Bertz CT molecular complexity index is 526. The Morgan fingerprint density at radius 3 is 2.53 bits per heavy atom. The molecule has 19 heavy (non-hydrogen) atoms. The Kier molecular flexibility index (Phi) is 4.29. The van der Waals surface area contributed by atoms with Crippen LogP contribution < -0.4 is 15.8 Å². The minimum absolute atomic E-state index is 0.271. The highest BCUT2D eigenvalue weighted by atomic mass is 16.5. The summed E-state index contributed by atoms with van der Waals surface area (Å²) in [7, 11) is 1.65. The van der Waals surface area contributed by atoms with Crippen LogP contribution in [-0.2, 0) is 0 Å². The maximum atomic E-state index is 5.87. The molecule has 2 aromatic rings. The second-order valence-corrected chi connectivity index (χ2v) is 4.51. The number of nitrogens with one attached hydrogen (secondary N) is 1. The molecule has 1 unspecified atom stereocenters. The Balaban J connectivity index is 2.21. The lowest BCUT2D eigenvalue weighted by molar-refractivity contribution is 0.415. The molecular weight excluding hydrogens is 236 g/mol. The number of rotatable bonds is 5. The highest BCUT2D eigenvalue weighted by molar-refractivity contribution is 5.59. The van der Waals surface area contributed by atoms with Gasteiger partial charge in [0.05, 0.1) is 13.2 Å². The predicted octanol–water partition coefficient (Wildman–Crippen LogP) is 3.84. The van der Waals surface area contributed by atoms with Gasteiger partial charge in [-0.2, -0.15) is 0 Å². The van der Waals surface area contributed by atoms with Crippen molar-refractivity contribution >= 4 is 11.4 Å². The number of anilines is 2. The zero-order valence-electron chi connectivity index (χ0n) is 11.4. The maximum Gasteiger partial charge on any atom is 0.122 e. The molecule has 0 heterocycles. The first-order valence-corrected chi connectivity index (χ1v) is 6.49. The van der Waals surface area contributed by atoms with Gasteiger partial charge in [-0.3, -0.25) is 0 Å². The van der Waals surface area contributed by atoms with Crippen LogP contribution in [0.4, 0.5) is 11.4 Å². The van der Waals surface area contributed by atoms with E-state index < -0.39 is 0 Å². The highest BCUT2D eigenvalue weighted by Crippen LogP contribution is 2.27. The summed E-state index contributed by atoms with van der Waals surface area (Å²) in [6, 6.07) is 16.4. The molecular formula is C16H20N2O. The fourth-order valence-electron chi connectivity index (χ4n) is 2.13. The Morgan fingerprint density at radius 1 is 1.16 bits per heavy atom. The number of hydrogen-bond donors (Lipinski definition) is 2. The monoisotopic (exact) mass is 256 g/mol. The van der Waals surface area contributed by atoms with Crippen molar-refractivity contribution in [2.24, 2.45) is 0 Å². The summed E-state index contributed by atoms with van der Waals surface area (Å²) in [6.07, 6.45) is 1.00. The van der Waals surface area contributed by atoms with Crippen molar-refractivity contribution in [2.45, 2.75) is 19.4 Å². The molecule has 0 radical (unpaired) electrons. The summed E-state index contributed by atoms with van der Waals surface area (Å²) in [5.41, 5.74) is 8.82. The number of ether oxygens (including phenoxy) is 1. The van der Waals surface area contributed by atoms with Crippen molar-refractivity contribution in [3.8, 4) is 5.75 Å². The van der Waals surface area contributed by atoms with Crippen LogP contribution in [0.1, 0.15) is 24.9 Å². The molecule has 1 atom stereocenters. The third-order valence-corrected chi connectivity index (χ3v) is 3.12. The molecule has 0 saturated heterocycles. The van der Waals surface area contributed by atoms with Gasteiger partial charge < -0.3 is 15.8 Å². The third-order valence-electron chi connectivity index (χ3n) is 3.12. The third kappa shape index (κ3) is 3.41. The normalized spacial score (nSPS) is 11.9. The molecule has 2 rings (SSSR count). The maximum absolute atomic E-state index is 5.87. The Morgan fingerprint density at radius 2 is 1.89 bits per heavy atom. The fraction of sp³-hybridized carbons (Fsp3) is 0.250. The summed E-state index contributed by atoms with van der Waals surface area (Å²) >= 11 is 0. The average Bonchev–Trinajstić information content (AvgIpc) is 2.45. The minimum Gasteiger partial charge on any atom is -0.497 e. The second-order valence-electron chi connectivity index (χ2n) is 4.51. The van der Waals surface area contributed by atoms with Gasteiger partial charge in [0.15, 0.2) is 0 Å². The molecule has 0 aliphatic carbocycles. The second kappa shape index (κ2) is 6.14. The number of benzene rings is 2. The van der Waals surface area contributed by atoms with Gasteiger partial charge in [-0.25, -0.2) is 0 Å². The molecule has 0 fully saturated rings. The minimum atomic E-state index is 0.271. The van der Waals surface area contributed by atoms with Crippen LogP contribution in [0.15, 0.2) is 48.5 Å². The molecule has 0 amide bonds. The molecule has 0 saturated carbocycles. The zero-order chi connectivity index (χ0) is 13.7. The Hall–Kier alpha value is -2.16. The van der Waals surface area contributed by atoms with Crippen LogP contribution in [0, 0.1) is 0 Å². The van der Waals surface area contributed by atoms with E-state index in [0.717, 1.165) is 17.9 Å². The van der Waals surface area contributed by atoms with Gasteiger partial charge in [0, 0.05) is 23.5 Å². The fourth-order valence-corrected chi connectivity index (χ4v) is 2.13. The van der Waals surface area contributed by atoms with E-state index in [-0.39, 0.29) is 6.04 Å². The zero-order valence-corrected chi connectivity index (χ0v) is 11.4. The number of hydrogen-bond acceptors (Lipinski definition) is 3. The molecule has 3 nitrogen and oxygen atoms in total. The first kappa shape index (κ1) is 13.3. The number of methoxy groups -OCH3 is 1. The standard InChI is InChI=1S/C16H20N2O/c1-3-16(12-7-5-4-6-8-12)18-14-9-13(17)10-15(11-14)19-2/h4-11,16,18H,3,17H2,1-2H3. The van der Waals surface area contributed by atoms with Crippen LogP contribution in [0.25, 0.3) is 0 Å². The van der Waals surface area contributed by atoms with E-state index in [1.54, 1.807) is 7.11 Å². The van der Waals surface area contributed by atoms with Crippen molar-refractivity contribution in [3.05, 3.63) is 54.1 Å². The van der Waals surface area contributed by atoms with Crippen molar-refractivity contribution in [2.75, 3.05) is 18.2 Å². The molecule has 0 aliphatic heterocycles. The van der Waals surface area contributed by atoms with Crippen LogP contribution >= 0.6 is 0 Å². The first-order chi connectivity index (χ1) is 9.22. The molecule has 3 N–H and O–H groups in total. The highest BCUT2D eigenvalue weighted by Gasteiger charge is 2.09. The first-order valence-electron chi connectivity index (χ1n) is 6.49. The van der Waals surface area contributed by atoms with E-state index in [1.165, 1.54) is 5.56 Å². The molecule has 0 aromatic heterocycles. The lowest BCUT2D eigenvalue weighted by Crippen LogP contribution is -2.09. The summed E-state index contributed by atoms with van der Waals surface area (Å²) in [5, 5.41) is 3.50. The van der Waals surface area contributed by atoms with E-state index in [0.29, 0.717) is 5.69 Å². The van der Waals surface area contributed by atoms with E-state index in [1.807, 2.05) is 24.3 Å². The van der Waals surface area contributed by atoms with Gasteiger partial charge >= 0.3 is 0 Å². The van der Waals surface area contributed by atoms with Gasteiger partial charge in [-0.15, -0.1) is 0 Å². The van der Waals surface area contributed by atoms with Crippen molar-refractivity contribution in [1.82, 2.24) is 0 Å². The molecule has 3 heteroatoms. The van der Waals surface area contributed by atoms with Crippen LogP contribution in [0.3, 0.4) is 0 Å². The lowest BCUT2D eigenvalue weighted by Gasteiger charge is -2.19. The Labute approximate surface area is 114 Å². The van der Waals surface area contributed by atoms with Gasteiger partial charge in [0.1, 0.15) is 5.75 Å². The predicted molar refractivity (Wildman–Crippen MR) is 80.5 cm³/mol. The van der Waals surface area contributed by atoms with Gasteiger partial charge in [-0.1, -0.05) is 37.3 Å². The average molecular weight is 256 g/mol. The van der Waals surface area contributed by atoms with Crippen LogP contribution in [-0.4, -0.2) is 7.11 Å². The molecule has 2 aromatic carbocycles. The van der Waals surface area contributed by atoms with E-state index in [4.69, 9.17) is 10.5 Å². The topological polar surface area (TPSA) is 47.3 Å². The summed E-state index contributed by atoms with van der Waals surface area (Å²) in [5.74, 6) is 0.769. The quantitative estimate of drug-likeness (QED) is 0.799. The largest absolute Gasteiger partial charge is 0.497 e. The van der Waals surface area contributed by atoms with Crippen LogP contribution in [0.2, 0.25) is 0 Å². The summed E-state index contributed by atoms with van der Waals surface area (Å²) < 4.78 is 5.24. The van der Waals surface area contributed by atoms with Gasteiger partial charge in [0.25, 0.3) is 0 Å². The summed E-state index contributed by atoms with van der Waals surface area (Å²) in [6.45, 7) is 2.16. The molecule has 100 valence electrons. The summed E-state index contributed by atoms with van der Waals surface area (Å²) in [4.78, 5) is 0. The number of nitrogens with two attached hydrogens (primary N) is 1. The van der Waals surface area contributed by atoms with Crippen LogP contribution in [0.5, 0.6) is 5.75 Å². The molecule has 0 bridgehead atoms. The molecule has 0 spiro atoms. The van der Waals surface area contributed by atoms with E-state index in [2.05, 4.69) is 36.5 Å². The smallest absolute Gasteiger partial charge is 0.122 e. The van der Waals surface area contributed by atoms with Crippen molar-refractivity contribution < 1.29 is 4.74 Å². The van der Waals surface area contributed by atoms with Crippen molar-refractivity contribution in [1.29, 1.82) is 0 Å². The van der Waals surface area contributed by atoms with E-state index >= 15 is 0 Å². The lowest BCUT2D eigenvalue weighted by atomic mass is 10.0. The SMILES string of the molecule is CCC(Nc1cc(N)cc(OC)c1)c1ccccc1. The number of nitrogen functional groups attached to an aromatic ring is 1. The van der Waals surface area contributed by atoms with Gasteiger partial charge in [-0.05, 0) is 18.1 Å². The van der Waals surface area contributed by atoms with Gasteiger partial charge in [0.2, 0.25) is 0 Å².